The van der Waals surface area contributed by atoms with E-state index in [4.69, 9.17) is 4.74 Å². The number of nitrogens with one attached hydrogen (secondary N) is 2. The van der Waals surface area contributed by atoms with E-state index in [0.29, 0.717) is 39.7 Å². The first-order valence-electron chi connectivity index (χ1n) is 16.2. The maximum Gasteiger partial charge on any atom is 0.408 e. The lowest BCUT2D eigenvalue weighted by molar-refractivity contribution is -0.157. The number of fused-ring (bicyclic) bond motifs is 2. The molecule has 2 N–H and O–H groups in total. The molecule has 0 spiro atoms. The Hall–Kier alpha value is -5.47. The van der Waals surface area contributed by atoms with Crippen molar-refractivity contribution in [2.24, 2.45) is 7.05 Å². The van der Waals surface area contributed by atoms with Crippen molar-refractivity contribution in [2.75, 3.05) is 5.32 Å². The van der Waals surface area contributed by atoms with Crippen LogP contribution in [0.3, 0.4) is 0 Å². The summed E-state index contributed by atoms with van der Waals surface area (Å²) in [6.45, 7) is 7.66. The minimum absolute atomic E-state index is 0.228. The highest BCUT2D eigenvalue weighted by Crippen LogP contribution is 2.33. The Balaban J connectivity index is 1.55. The molecule has 0 bridgehead atoms. The largest absolute Gasteiger partial charge is 0.458 e. The maximum absolute atomic E-state index is 15.2. The zero-order valence-corrected chi connectivity index (χ0v) is 29.0. The van der Waals surface area contributed by atoms with Gasteiger partial charge in [0.15, 0.2) is 0 Å². The van der Waals surface area contributed by atoms with Crippen LogP contribution in [0.4, 0.5) is 32.0 Å². The molecule has 2 heterocycles. The summed E-state index contributed by atoms with van der Waals surface area (Å²) in [5.74, 6) is -5.75. The number of alkyl halides is 3. The predicted molar refractivity (Wildman–Crippen MR) is 183 cm³/mol. The fraction of sp³-hybridized carbons (Fsp3) is 0.324. The third kappa shape index (κ3) is 7.72. The van der Waals surface area contributed by atoms with E-state index in [-0.39, 0.29) is 28.6 Å². The van der Waals surface area contributed by atoms with Crippen LogP contribution >= 0.6 is 0 Å². The average molecular weight is 728 g/mol. The van der Waals surface area contributed by atoms with Crippen molar-refractivity contribution < 1.29 is 40.7 Å². The molecule has 3 aromatic carbocycles. The quantitative estimate of drug-likeness (QED) is 0.121. The van der Waals surface area contributed by atoms with Gasteiger partial charge in [0.25, 0.3) is 11.5 Å². The Morgan fingerprint density at radius 3 is 2.17 bits per heavy atom. The molecule has 5 rings (SSSR count). The summed E-state index contributed by atoms with van der Waals surface area (Å²) >= 11 is 0. The standard InChI is InChI=1S/C37H35F6N5O4/c1-7-28(37(41,42)43)46-21-16-24(39)30(25(40)17-21)33(49)47-26(35(51)52-36(3,4)5)14-19-8-10-22(32-31(19)44-12-13-45-32)29-18(2)23-15-20(38)9-11-27(23)48(6)34(29)50/h8-13,15-17,26,28,46H,7,14H2,1-6H3,(H,47,49)/t26-,28+/m0/s1. The monoisotopic (exact) mass is 727 g/mol. The van der Waals surface area contributed by atoms with Crippen molar-refractivity contribution >= 4 is 39.5 Å². The summed E-state index contributed by atoms with van der Waals surface area (Å²) in [7, 11) is 1.56. The minimum atomic E-state index is -4.70. The van der Waals surface area contributed by atoms with Crippen LogP contribution in [0.1, 0.15) is 55.6 Å². The number of benzene rings is 3. The van der Waals surface area contributed by atoms with Gasteiger partial charge in [0, 0.05) is 42.5 Å². The summed E-state index contributed by atoms with van der Waals surface area (Å²) in [6.07, 6.45) is -2.67. The second-order valence-corrected chi connectivity index (χ2v) is 13.3. The number of hydrogen-bond acceptors (Lipinski definition) is 7. The molecule has 0 saturated heterocycles. The average Bonchev–Trinajstić information content (AvgIpc) is 3.05. The van der Waals surface area contributed by atoms with Crippen molar-refractivity contribution in [1.82, 2.24) is 19.9 Å². The molecule has 274 valence electrons. The number of pyridine rings is 1. The number of amides is 1. The third-order valence-electron chi connectivity index (χ3n) is 8.43. The van der Waals surface area contributed by atoms with E-state index >= 15 is 8.78 Å². The Bertz CT molecular complexity index is 2240. The molecule has 0 aliphatic rings. The first-order valence-corrected chi connectivity index (χ1v) is 16.2. The van der Waals surface area contributed by atoms with Gasteiger partial charge in [-0.15, -0.1) is 0 Å². The van der Waals surface area contributed by atoms with Crippen LogP contribution < -0.4 is 16.2 Å². The van der Waals surface area contributed by atoms with Gasteiger partial charge < -0.3 is 19.9 Å². The van der Waals surface area contributed by atoms with Crippen molar-refractivity contribution in [3.8, 4) is 11.1 Å². The molecule has 5 aromatic rings. The van der Waals surface area contributed by atoms with E-state index in [1.165, 1.54) is 42.1 Å². The number of aromatic nitrogens is 3. The molecular formula is C37H35F6N5O4. The normalized spacial score (nSPS) is 13.2. The molecule has 9 nitrogen and oxygen atoms in total. The van der Waals surface area contributed by atoms with Gasteiger partial charge in [0.05, 0.1) is 22.1 Å². The highest BCUT2D eigenvalue weighted by atomic mass is 19.4. The summed E-state index contributed by atoms with van der Waals surface area (Å²) < 4.78 is 91.3. The van der Waals surface area contributed by atoms with Gasteiger partial charge in [0.1, 0.15) is 40.7 Å². The third-order valence-corrected chi connectivity index (χ3v) is 8.43. The van der Waals surface area contributed by atoms with E-state index in [1.807, 2.05) is 5.32 Å². The lowest BCUT2D eigenvalue weighted by Gasteiger charge is -2.25. The SMILES string of the molecule is CC[C@@H](Nc1cc(F)c(C(=O)N[C@@H](Cc2ccc(-c3c(C)c4cc(F)ccc4n(C)c3=O)c3nccnc23)C(=O)OC(C)(C)C)c(F)c1)C(F)(F)F. The van der Waals surface area contributed by atoms with Crippen molar-refractivity contribution in [1.29, 1.82) is 0 Å². The van der Waals surface area contributed by atoms with Crippen LogP contribution in [0.5, 0.6) is 0 Å². The topological polar surface area (TPSA) is 115 Å². The van der Waals surface area contributed by atoms with Gasteiger partial charge in [-0.05, 0) is 75.6 Å². The number of halogens is 6. The molecule has 0 aliphatic heterocycles. The number of esters is 1. The predicted octanol–water partition coefficient (Wildman–Crippen LogP) is 7.31. The smallest absolute Gasteiger partial charge is 0.408 e. The molecule has 0 fully saturated rings. The minimum Gasteiger partial charge on any atom is -0.458 e. The first kappa shape index (κ1) is 37.8. The summed E-state index contributed by atoms with van der Waals surface area (Å²) in [6, 6.07) is 4.69. The van der Waals surface area contributed by atoms with E-state index < -0.39 is 70.9 Å². The number of carbonyl (C=O) groups is 2. The van der Waals surface area contributed by atoms with Crippen molar-refractivity contribution in [3.05, 3.63) is 99.4 Å². The molecule has 0 radical (unpaired) electrons. The zero-order chi connectivity index (χ0) is 38.3. The summed E-state index contributed by atoms with van der Waals surface area (Å²) in [5, 5.41) is 4.84. The van der Waals surface area contributed by atoms with E-state index in [9.17, 15) is 31.9 Å². The van der Waals surface area contributed by atoms with E-state index in [0.717, 1.165) is 0 Å². The van der Waals surface area contributed by atoms with E-state index in [2.05, 4.69) is 15.3 Å². The Kier molecular flexibility index (Phi) is 10.4. The second kappa shape index (κ2) is 14.3. The molecule has 0 saturated carbocycles. The van der Waals surface area contributed by atoms with Crippen LogP contribution in [-0.4, -0.2) is 50.3 Å². The van der Waals surface area contributed by atoms with Gasteiger partial charge >= 0.3 is 12.1 Å². The molecule has 1 amide bonds. The Morgan fingerprint density at radius 2 is 1.58 bits per heavy atom. The second-order valence-electron chi connectivity index (χ2n) is 13.3. The first-order chi connectivity index (χ1) is 24.3. The Labute approximate surface area is 294 Å². The number of hydrogen-bond donors (Lipinski definition) is 2. The molecule has 2 aromatic heterocycles. The molecular weight excluding hydrogens is 692 g/mol. The van der Waals surface area contributed by atoms with Crippen molar-refractivity contribution in [3.63, 3.8) is 0 Å². The molecule has 52 heavy (non-hydrogen) atoms. The van der Waals surface area contributed by atoms with Gasteiger partial charge in [-0.3, -0.25) is 19.6 Å². The molecule has 0 aliphatic carbocycles. The highest BCUT2D eigenvalue weighted by Gasteiger charge is 2.38. The summed E-state index contributed by atoms with van der Waals surface area (Å²) in [4.78, 5) is 49.4. The Morgan fingerprint density at radius 1 is 0.942 bits per heavy atom. The lowest BCUT2D eigenvalue weighted by Crippen LogP contribution is -2.46. The van der Waals surface area contributed by atoms with Gasteiger partial charge in [-0.25, -0.2) is 18.0 Å². The molecule has 15 heteroatoms. The number of nitrogens with zero attached hydrogens (tertiary/aromatic N) is 3. The van der Waals surface area contributed by atoms with Gasteiger partial charge in [-0.1, -0.05) is 19.1 Å². The fourth-order valence-corrected chi connectivity index (χ4v) is 5.98. The molecule has 0 unspecified atom stereocenters. The van der Waals surface area contributed by atoms with Crippen LogP contribution in [0, 0.1) is 24.4 Å². The maximum atomic E-state index is 15.2. The van der Waals surface area contributed by atoms with E-state index in [1.54, 1.807) is 46.9 Å². The van der Waals surface area contributed by atoms with Gasteiger partial charge in [-0.2, -0.15) is 13.2 Å². The number of carbonyl (C=O) groups excluding carboxylic acids is 2. The fourth-order valence-electron chi connectivity index (χ4n) is 5.98. The van der Waals surface area contributed by atoms with Crippen molar-refractivity contribution in [2.45, 2.75) is 71.3 Å². The summed E-state index contributed by atoms with van der Waals surface area (Å²) in [5.41, 5.74) is -0.679. The van der Waals surface area contributed by atoms with Crippen LogP contribution in [0.25, 0.3) is 33.1 Å². The highest BCUT2D eigenvalue weighted by molar-refractivity contribution is 5.99. The lowest BCUT2D eigenvalue weighted by atomic mass is 9.94. The zero-order valence-electron chi connectivity index (χ0n) is 29.0. The van der Waals surface area contributed by atoms with Crippen LogP contribution in [0.15, 0.2) is 59.7 Å². The van der Waals surface area contributed by atoms with Gasteiger partial charge in [0.2, 0.25) is 0 Å². The molecule has 2 atom stereocenters. The number of rotatable bonds is 9. The van der Waals surface area contributed by atoms with Crippen LogP contribution in [-0.2, 0) is 23.0 Å². The number of anilines is 1. The number of ether oxygens (including phenoxy) is 1. The van der Waals surface area contributed by atoms with Crippen LogP contribution in [0.2, 0.25) is 0 Å². The number of aryl methyl sites for hydroxylation is 2.